The second kappa shape index (κ2) is 12.3. The summed E-state index contributed by atoms with van der Waals surface area (Å²) < 4.78 is 32.2. The van der Waals surface area contributed by atoms with Crippen molar-refractivity contribution in [2.45, 2.75) is 83.0 Å². The normalized spacial score (nSPS) is 23.7. The van der Waals surface area contributed by atoms with Crippen molar-refractivity contribution in [1.29, 1.82) is 0 Å². The smallest absolute Gasteiger partial charge is 0.408 e. The number of nitrogens with zero attached hydrogens (tertiary/aromatic N) is 2. The molecule has 5 rings (SSSR count). The monoisotopic (exact) mass is 717 g/mol. The van der Waals surface area contributed by atoms with Crippen LogP contribution in [0.15, 0.2) is 41.1 Å². The molecule has 2 aromatic carbocycles. The van der Waals surface area contributed by atoms with Crippen molar-refractivity contribution in [2.24, 2.45) is 0 Å². The van der Waals surface area contributed by atoms with Gasteiger partial charge in [0.1, 0.15) is 36.6 Å². The van der Waals surface area contributed by atoms with E-state index < -0.39 is 54.0 Å². The molecule has 0 spiro atoms. The quantitative estimate of drug-likeness (QED) is 0.264. The van der Waals surface area contributed by atoms with Gasteiger partial charge in [0.25, 0.3) is 0 Å². The van der Waals surface area contributed by atoms with Crippen molar-refractivity contribution in [3.05, 3.63) is 61.8 Å². The lowest BCUT2D eigenvalue weighted by molar-refractivity contribution is -0.202. The maximum atomic E-state index is 13.4. The number of aromatic nitrogens is 2. The Morgan fingerprint density at radius 2 is 1.74 bits per heavy atom. The lowest BCUT2D eigenvalue weighted by Gasteiger charge is -2.26. The summed E-state index contributed by atoms with van der Waals surface area (Å²) in [6.07, 6.45) is -3.13. The van der Waals surface area contributed by atoms with Crippen molar-refractivity contribution in [1.82, 2.24) is 14.9 Å². The fourth-order valence-electron chi connectivity index (χ4n) is 5.07. The van der Waals surface area contributed by atoms with Gasteiger partial charge in [-0.05, 0) is 80.4 Å². The van der Waals surface area contributed by atoms with Crippen LogP contribution in [0.4, 0.5) is 4.79 Å². The summed E-state index contributed by atoms with van der Waals surface area (Å²) in [5.74, 6) is -1.59. The minimum absolute atomic E-state index is 0.152. The predicted molar refractivity (Wildman–Crippen MR) is 164 cm³/mol. The molecule has 5 atom stereocenters. The number of ether oxygens (including phenoxy) is 5. The van der Waals surface area contributed by atoms with Crippen LogP contribution >= 0.6 is 50.7 Å². The van der Waals surface area contributed by atoms with Crippen molar-refractivity contribution in [3.63, 3.8) is 0 Å². The SMILES string of the molecule is CC(C)(C)OC(=O)N[C@@H](Cc1ccc(Cl)cc1)C(=O)OC[C@H]1O[C@@H](n2c(Br)nc3cc(Cl)c(Cl)cc32)[C@@H]2OC(C)(C)O[C@@H]21. The molecule has 2 fully saturated rings. The van der Waals surface area contributed by atoms with E-state index in [1.54, 1.807) is 75.6 Å². The van der Waals surface area contributed by atoms with E-state index in [1.165, 1.54) is 0 Å². The first kappa shape index (κ1) is 32.3. The molecule has 3 aromatic rings. The number of alkyl carbamates (subject to hydrolysis) is 1. The second-order valence-corrected chi connectivity index (χ2v) is 13.8. The van der Waals surface area contributed by atoms with Crippen LogP contribution in [0.5, 0.6) is 0 Å². The number of esters is 1. The molecule has 0 aliphatic carbocycles. The highest BCUT2D eigenvalue weighted by atomic mass is 79.9. The number of fused-ring (bicyclic) bond motifs is 2. The summed E-state index contributed by atoms with van der Waals surface area (Å²) in [5.41, 5.74) is 1.28. The number of carbonyl (C=O) groups excluding carboxylic acids is 2. The molecule has 0 unspecified atom stereocenters. The Kier molecular flexibility index (Phi) is 9.27. The van der Waals surface area contributed by atoms with Crippen molar-refractivity contribution in [3.8, 4) is 0 Å². The predicted octanol–water partition coefficient (Wildman–Crippen LogP) is 6.86. The number of rotatable bonds is 7. The van der Waals surface area contributed by atoms with Crippen LogP contribution in [0.1, 0.15) is 46.4 Å². The Balaban J connectivity index is 1.35. The van der Waals surface area contributed by atoms with Crippen molar-refractivity contribution >= 4 is 73.8 Å². The van der Waals surface area contributed by atoms with E-state index in [0.29, 0.717) is 30.8 Å². The van der Waals surface area contributed by atoms with Gasteiger partial charge in [0, 0.05) is 11.4 Å². The standard InChI is InChI=1S/C29H31BrCl3N3O7/c1-28(2,3)43-27(38)35-19(10-14-6-8-15(31)9-7-14)25(37)39-13-21-22-23(42-29(4,5)41-22)24(40-21)36-20-12-17(33)16(32)11-18(20)34-26(36)30/h6-9,11-12,19,21-24H,10,13H2,1-5H3,(H,35,38)/t19-,21+,22+,23+,24+/m0/s1. The molecule has 2 aliphatic rings. The fraction of sp³-hybridized carbons (Fsp3) is 0.483. The number of benzene rings is 2. The molecule has 10 nitrogen and oxygen atoms in total. The van der Waals surface area contributed by atoms with E-state index in [1.807, 2.05) is 0 Å². The Hall–Kier alpha value is -2.12. The average Bonchev–Trinajstić information content (AvgIpc) is 3.49. The van der Waals surface area contributed by atoms with Gasteiger partial charge in [-0.3, -0.25) is 4.57 Å². The topological polar surface area (TPSA) is 110 Å². The maximum absolute atomic E-state index is 13.4. The highest BCUT2D eigenvalue weighted by Gasteiger charge is 2.56. The van der Waals surface area contributed by atoms with Gasteiger partial charge in [0.05, 0.1) is 21.1 Å². The van der Waals surface area contributed by atoms with Crippen LogP contribution in [-0.2, 0) is 34.9 Å². The first-order valence-corrected chi connectivity index (χ1v) is 15.5. The first-order chi connectivity index (χ1) is 20.1. The highest BCUT2D eigenvalue weighted by molar-refractivity contribution is 9.10. The minimum atomic E-state index is -1.04. The largest absolute Gasteiger partial charge is 0.461 e. The van der Waals surface area contributed by atoms with E-state index in [0.717, 1.165) is 5.56 Å². The van der Waals surface area contributed by atoms with E-state index in [9.17, 15) is 9.59 Å². The molecule has 0 radical (unpaired) electrons. The van der Waals surface area contributed by atoms with Gasteiger partial charge in [0.15, 0.2) is 16.7 Å². The Morgan fingerprint density at radius 3 is 2.42 bits per heavy atom. The lowest BCUT2D eigenvalue weighted by Crippen LogP contribution is -2.46. The van der Waals surface area contributed by atoms with Crippen LogP contribution in [0.3, 0.4) is 0 Å². The van der Waals surface area contributed by atoms with Crippen LogP contribution in [0, 0.1) is 0 Å². The van der Waals surface area contributed by atoms with E-state index in [4.69, 9.17) is 58.5 Å². The number of imidazole rings is 1. The summed E-state index contributed by atoms with van der Waals surface area (Å²) in [4.78, 5) is 30.6. The number of hydrogen-bond donors (Lipinski definition) is 1. The third-order valence-corrected chi connectivity index (χ3v) is 8.32. The second-order valence-electron chi connectivity index (χ2n) is 11.8. The Morgan fingerprint density at radius 1 is 1.09 bits per heavy atom. The molecule has 1 N–H and O–H groups in total. The summed E-state index contributed by atoms with van der Waals surface area (Å²) in [5, 5.41) is 3.91. The van der Waals surface area contributed by atoms with Crippen LogP contribution in [0.2, 0.25) is 15.1 Å². The molecule has 2 aliphatic heterocycles. The molecular formula is C29H31BrCl3N3O7. The number of carbonyl (C=O) groups is 2. The van der Waals surface area contributed by atoms with Crippen LogP contribution < -0.4 is 5.32 Å². The minimum Gasteiger partial charge on any atom is -0.461 e. The molecule has 1 amide bonds. The molecular weight excluding hydrogens is 689 g/mol. The molecule has 2 saturated heterocycles. The number of nitrogens with one attached hydrogen (secondary N) is 1. The number of amides is 1. The van der Waals surface area contributed by atoms with Gasteiger partial charge < -0.3 is 29.0 Å². The average molecular weight is 720 g/mol. The number of halogens is 4. The zero-order valence-corrected chi connectivity index (χ0v) is 27.9. The van der Waals surface area contributed by atoms with Gasteiger partial charge in [0.2, 0.25) is 0 Å². The molecule has 232 valence electrons. The Labute approximate surface area is 272 Å². The highest BCUT2D eigenvalue weighted by Crippen LogP contribution is 2.45. The van der Waals surface area contributed by atoms with Gasteiger partial charge in [-0.25, -0.2) is 14.6 Å². The van der Waals surface area contributed by atoms with Crippen molar-refractivity contribution < 1.29 is 33.3 Å². The van der Waals surface area contributed by atoms with E-state index in [2.05, 4.69) is 26.2 Å². The summed E-state index contributed by atoms with van der Waals surface area (Å²) in [6.45, 7) is 8.64. The molecule has 14 heteroatoms. The lowest BCUT2D eigenvalue weighted by atomic mass is 10.1. The van der Waals surface area contributed by atoms with E-state index >= 15 is 0 Å². The van der Waals surface area contributed by atoms with Gasteiger partial charge in [-0.1, -0.05) is 46.9 Å². The third kappa shape index (κ3) is 7.41. The molecule has 0 saturated carbocycles. The Bertz CT molecular complexity index is 1530. The summed E-state index contributed by atoms with van der Waals surface area (Å²) in [7, 11) is 0. The zero-order chi connectivity index (χ0) is 31.3. The number of hydrogen-bond acceptors (Lipinski definition) is 8. The maximum Gasteiger partial charge on any atom is 0.408 e. The summed E-state index contributed by atoms with van der Waals surface area (Å²) >= 11 is 22.1. The molecule has 43 heavy (non-hydrogen) atoms. The first-order valence-electron chi connectivity index (χ1n) is 13.5. The third-order valence-electron chi connectivity index (χ3n) is 6.79. The van der Waals surface area contributed by atoms with E-state index in [-0.39, 0.29) is 13.0 Å². The van der Waals surface area contributed by atoms with Crippen LogP contribution in [0.25, 0.3) is 11.0 Å². The fourth-order valence-corrected chi connectivity index (χ4v) is 6.09. The molecule has 0 bridgehead atoms. The molecule has 1 aromatic heterocycles. The summed E-state index contributed by atoms with van der Waals surface area (Å²) in [6, 6.07) is 9.28. The van der Waals surface area contributed by atoms with Crippen LogP contribution in [-0.4, -0.2) is 64.0 Å². The van der Waals surface area contributed by atoms with Crippen molar-refractivity contribution in [2.75, 3.05) is 6.61 Å². The molecule has 3 heterocycles. The van der Waals surface area contributed by atoms with Gasteiger partial charge in [-0.2, -0.15) is 0 Å². The van der Waals surface area contributed by atoms with Gasteiger partial charge in [-0.15, -0.1) is 0 Å². The zero-order valence-electron chi connectivity index (χ0n) is 24.0. The van der Waals surface area contributed by atoms with Gasteiger partial charge >= 0.3 is 12.1 Å².